The smallest absolute Gasteiger partial charge is 0.155 e. The summed E-state index contributed by atoms with van der Waals surface area (Å²) in [6.07, 6.45) is 26.1. The molecule has 0 atom stereocenters. The van der Waals surface area contributed by atoms with Gasteiger partial charge in [0.2, 0.25) is 66.2 Å². The van der Waals surface area contributed by atoms with E-state index in [0.29, 0.717) is 0 Å². The first kappa shape index (κ1) is 76.4. The highest BCUT2D eigenvalue weighted by atomic mass is 15.0. The zero-order valence-corrected chi connectivity index (χ0v) is 71.9. The standard InChI is InChI=1S/C120H84N12/c1-13-61-121-97-49-37-85-39-51-99(75-91(85)73-97)123-63-15-3-27-111(123)112-28-5-17-65-125(112)101-53-41-87-43-55-103(79-93(87)77-101)127-67-19-7-31-115(127)116-32-9-21-69-129(116)105-57-45-89-47-59-107(83-95(89)81-105)131-71-23-11-35-119(131)120-36-12-24-72-132(120)108-60-48-90-46-58-106(82-96(90)84-108)130-70-22-10-34-118(130)117-33-8-20-68-128(117)104-56-44-88-42-54-102(78-94(88)80-104)126-66-18-6-30-114(126)113-29-4-16-64-124(113)100-52-40-86-38-50-98(74-92(86)76-100)122-62-14-2-26-110(122)109(121)25-1/h1-84H/q+12. The van der Waals surface area contributed by atoms with Crippen molar-refractivity contribution in [2.75, 3.05) is 0 Å². The Morgan fingerprint density at radius 2 is 0.174 bits per heavy atom. The fraction of sp³-hybridized carbons (Fsp3) is 0. The van der Waals surface area contributed by atoms with E-state index in [2.05, 4.69) is 564 Å². The highest BCUT2D eigenvalue weighted by molar-refractivity contribution is 5.95. The minimum Gasteiger partial charge on any atom is -0.155 e. The van der Waals surface area contributed by atoms with Crippen molar-refractivity contribution in [2.24, 2.45) is 0 Å². The molecule has 132 heavy (non-hydrogen) atoms. The van der Waals surface area contributed by atoms with Crippen LogP contribution >= 0.6 is 0 Å². The van der Waals surface area contributed by atoms with Crippen LogP contribution in [-0.4, -0.2) is 0 Å². The summed E-state index contributed by atoms with van der Waals surface area (Å²) in [5, 5.41) is 13.6. The number of hydrogen-bond donors (Lipinski definition) is 0. The number of benzene rings is 12. The molecule has 12 aromatic carbocycles. The van der Waals surface area contributed by atoms with E-state index in [1.807, 2.05) is 0 Å². The molecule has 0 aliphatic heterocycles. The lowest BCUT2D eigenvalue weighted by Gasteiger charge is -1.99. The van der Waals surface area contributed by atoms with Gasteiger partial charge in [-0.1, -0.05) is 0 Å². The van der Waals surface area contributed by atoms with Crippen molar-refractivity contribution >= 4 is 197 Å². The van der Waals surface area contributed by atoms with Gasteiger partial charge in [0.15, 0.2) is 74.4 Å². The zero-order chi connectivity index (χ0) is 87.1. The van der Waals surface area contributed by atoms with Gasteiger partial charge < -0.3 is 0 Å². The maximum atomic E-state index is 2.32. The van der Waals surface area contributed by atoms with Crippen LogP contribution in [0.2, 0.25) is 0 Å². The molecule has 0 saturated heterocycles. The van der Waals surface area contributed by atoms with Crippen molar-refractivity contribution < 1.29 is 52.8 Å². The second-order valence-electron chi connectivity index (χ2n) is 33.8. The van der Waals surface area contributed by atoms with E-state index in [0.717, 1.165) is 197 Å². The molecule has 0 amide bonds. The van der Waals surface area contributed by atoms with Crippen LogP contribution in [0.4, 0.5) is 0 Å². The number of fused-ring (bicyclic) bond motifs is 42. The van der Waals surface area contributed by atoms with E-state index in [9.17, 15) is 0 Å². The first-order valence-electron chi connectivity index (χ1n) is 44.8. The molecule has 0 N–H and O–H groups in total. The van der Waals surface area contributed by atoms with Gasteiger partial charge in [0.25, 0.3) is 66.2 Å². The third-order valence-corrected chi connectivity index (χ3v) is 26.1. The Hall–Kier alpha value is -18.0. The summed E-state index contributed by atoms with van der Waals surface area (Å²) < 4.78 is 27.8. The van der Waals surface area contributed by atoms with Crippen molar-refractivity contribution in [2.45, 2.75) is 0 Å². The summed E-state index contributed by atoms with van der Waals surface area (Å²) in [6, 6.07) is 159. The van der Waals surface area contributed by atoms with E-state index < -0.39 is 0 Å². The van der Waals surface area contributed by atoms with Gasteiger partial charge in [-0.15, -0.1) is 0 Å². The average Bonchev–Trinajstić information content (AvgIpc) is 0.555. The molecule has 612 valence electrons. The van der Waals surface area contributed by atoms with E-state index in [-0.39, 0.29) is 0 Å². The fourth-order valence-corrected chi connectivity index (χ4v) is 19.7. The molecule has 13 heterocycles. The number of hydrogen-bond acceptors (Lipinski definition) is 0. The maximum absolute atomic E-state index is 2.32. The number of aromatic nitrogens is 12. The van der Waals surface area contributed by atoms with Gasteiger partial charge in [-0.3, -0.25) is 0 Å². The second-order valence-corrected chi connectivity index (χ2v) is 33.8. The Balaban J connectivity index is 0.715. The van der Waals surface area contributed by atoms with Gasteiger partial charge in [-0.2, -0.15) is 52.8 Å². The Bertz CT molecular complexity index is 7990. The second kappa shape index (κ2) is 32.1. The van der Waals surface area contributed by atoms with Gasteiger partial charge in [0.05, 0.1) is 0 Å². The minimum atomic E-state index is 1.05. The summed E-state index contributed by atoms with van der Waals surface area (Å²) in [5.74, 6) is 0. The fourth-order valence-electron chi connectivity index (χ4n) is 19.7. The number of pyridine rings is 12. The van der Waals surface area contributed by atoms with Crippen molar-refractivity contribution in [1.82, 2.24) is 0 Å². The molecule has 0 aliphatic rings. The quantitative estimate of drug-likeness (QED) is 0.136. The normalized spacial score (nSPS) is 11.6. The number of rotatable bonds is 0. The molecule has 0 unspecified atom stereocenters. The SMILES string of the molecule is c1cc[n+]2c3ccc4ccc(cc4c3)[n+]3ccccc3c3cccc[n+]3c3ccc4ccc(cc4c3)[n+]3ccccc3c3cccc[n+]3c3ccc4ccc(cc4c3)[n+]3ccccc3c3cccc[n+]3c3ccc4ccc(cc4c3)[n+]3ccccc3c3cccc[n+]3c3ccc4ccc(cc4c3)[n+]3ccccc3c3cccc[n+]3c3ccc4ccc(cc4c3)[n+]3ccccc3c2c1. The topological polar surface area (TPSA) is 49.2 Å². The molecule has 12 nitrogen and oxygen atoms in total. The van der Waals surface area contributed by atoms with E-state index in [1.165, 1.54) is 0 Å². The van der Waals surface area contributed by atoms with Crippen LogP contribution < -0.4 is 52.8 Å². The summed E-state index contributed by atoms with van der Waals surface area (Å²) in [4.78, 5) is 0. The Morgan fingerprint density at radius 3 is 0.265 bits per heavy atom. The van der Waals surface area contributed by atoms with Crippen molar-refractivity contribution in [1.29, 1.82) is 0 Å². The zero-order valence-electron chi connectivity index (χ0n) is 71.9. The third-order valence-electron chi connectivity index (χ3n) is 26.1. The van der Waals surface area contributed by atoms with Crippen LogP contribution in [0.1, 0.15) is 0 Å². The molecule has 0 spiro atoms. The molecular formula is C120H84N12+12. The van der Waals surface area contributed by atoms with Crippen LogP contribution in [0.15, 0.2) is 511 Å². The molecule has 25 rings (SSSR count). The van der Waals surface area contributed by atoms with Crippen LogP contribution in [0, 0.1) is 0 Å². The predicted octanol–water partition coefficient (Wildman–Crippen LogP) is 20.8. The average molecular weight is 1690 g/mol. The third kappa shape index (κ3) is 13.6. The van der Waals surface area contributed by atoms with Gasteiger partial charge in [-0.25, -0.2) is 0 Å². The molecule has 12 heteroatoms. The van der Waals surface area contributed by atoms with E-state index in [1.54, 1.807) is 0 Å². The first-order valence-corrected chi connectivity index (χ1v) is 44.8. The van der Waals surface area contributed by atoms with Gasteiger partial charge in [0, 0.05) is 291 Å². The molecule has 0 radical (unpaired) electrons. The molecule has 0 fully saturated rings. The molecule has 0 saturated carbocycles. The molecule has 25 aromatic rings. The Morgan fingerprint density at radius 1 is 0.0833 bits per heavy atom. The first-order chi connectivity index (χ1) is 65.4. The number of nitrogens with zero attached hydrogens (tertiary/aromatic N) is 12. The van der Waals surface area contributed by atoms with Crippen LogP contribution in [0.25, 0.3) is 197 Å². The summed E-state index contributed by atoms with van der Waals surface area (Å²) >= 11 is 0. The van der Waals surface area contributed by atoms with Crippen molar-refractivity contribution in [3.63, 3.8) is 0 Å². The lowest BCUT2D eigenvalue weighted by atomic mass is 10.1. The largest absolute Gasteiger partial charge is 0.283 e. The monoisotopic (exact) mass is 1690 g/mol. The van der Waals surface area contributed by atoms with Crippen LogP contribution in [0.3, 0.4) is 0 Å². The molecule has 0 aliphatic carbocycles. The van der Waals surface area contributed by atoms with Gasteiger partial charge in [-0.05, 0) is 210 Å². The Kier molecular flexibility index (Phi) is 18.6. The molecular weight excluding hydrogens is 1610 g/mol. The lowest BCUT2D eigenvalue weighted by molar-refractivity contribution is -0.504. The minimum absolute atomic E-state index is 1.05. The van der Waals surface area contributed by atoms with Crippen molar-refractivity contribution in [3.05, 3.63) is 511 Å². The molecule has 18 bridgehead atoms. The highest BCUT2D eigenvalue weighted by Crippen LogP contribution is 2.27. The summed E-state index contributed by atoms with van der Waals surface area (Å²) in [6.45, 7) is 0. The molecule has 13 aromatic heterocycles. The van der Waals surface area contributed by atoms with Crippen molar-refractivity contribution in [3.8, 4) is 0 Å². The summed E-state index contributed by atoms with van der Waals surface area (Å²) in [5.41, 5.74) is 25.1. The summed E-state index contributed by atoms with van der Waals surface area (Å²) in [7, 11) is 0. The van der Waals surface area contributed by atoms with E-state index in [4.69, 9.17) is 0 Å². The lowest BCUT2D eigenvalue weighted by Crippen LogP contribution is -2.27. The Labute approximate surface area is 755 Å². The van der Waals surface area contributed by atoms with Gasteiger partial charge in [0.1, 0.15) is 0 Å². The van der Waals surface area contributed by atoms with Crippen LogP contribution in [-0.2, 0) is 0 Å². The van der Waals surface area contributed by atoms with Gasteiger partial charge >= 0.3 is 0 Å². The highest BCUT2D eigenvalue weighted by Gasteiger charge is 2.24. The predicted molar refractivity (Wildman–Crippen MR) is 527 cm³/mol. The maximum Gasteiger partial charge on any atom is 0.283 e. The van der Waals surface area contributed by atoms with E-state index >= 15 is 0 Å². The van der Waals surface area contributed by atoms with Crippen LogP contribution in [0.5, 0.6) is 0 Å².